The number of hydrogen-bond acceptors (Lipinski definition) is 4. The highest BCUT2D eigenvalue weighted by molar-refractivity contribution is 6.31. The third kappa shape index (κ3) is 2.55. The highest BCUT2D eigenvalue weighted by atomic mass is 35.5. The summed E-state index contributed by atoms with van der Waals surface area (Å²) in [5, 5.41) is 10.3. The number of carbonyl (C=O) groups excluding carboxylic acids is 1. The molecule has 6 nitrogen and oxygen atoms in total. The van der Waals surface area contributed by atoms with Crippen molar-refractivity contribution in [1.82, 2.24) is 4.90 Å². The lowest BCUT2D eigenvalue weighted by Crippen LogP contribution is -2.48. The zero-order valence-electron chi connectivity index (χ0n) is 11.8. The molecule has 2 heterocycles. The van der Waals surface area contributed by atoms with Crippen LogP contribution in [0, 0.1) is 6.92 Å². The van der Waals surface area contributed by atoms with Crippen molar-refractivity contribution < 1.29 is 23.8 Å². The van der Waals surface area contributed by atoms with Gasteiger partial charge in [-0.15, -0.1) is 0 Å². The molecular weight excluding hydrogens is 310 g/mol. The van der Waals surface area contributed by atoms with E-state index in [1.807, 2.05) is 0 Å². The van der Waals surface area contributed by atoms with E-state index in [2.05, 4.69) is 0 Å². The SMILES string of the molecule is Cc1c(C(=O)N2CCO[C@H](C(=O)O)C2)oc2ccc(Cl)cc12. The number of aryl methyl sites for hydroxylation is 1. The van der Waals surface area contributed by atoms with Crippen LogP contribution in [0.1, 0.15) is 16.1 Å². The van der Waals surface area contributed by atoms with E-state index in [0.29, 0.717) is 22.7 Å². The molecule has 1 aromatic heterocycles. The van der Waals surface area contributed by atoms with Crippen molar-refractivity contribution in [1.29, 1.82) is 0 Å². The third-order valence-corrected chi connectivity index (χ3v) is 3.96. The Morgan fingerprint density at radius 1 is 1.41 bits per heavy atom. The van der Waals surface area contributed by atoms with Gasteiger partial charge in [0.25, 0.3) is 5.91 Å². The Hall–Kier alpha value is -2.05. The molecule has 116 valence electrons. The van der Waals surface area contributed by atoms with E-state index < -0.39 is 12.1 Å². The standard InChI is InChI=1S/C15H14ClNO5/c1-8-10-6-9(16)2-3-11(10)22-13(8)14(18)17-4-5-21-12(7-17)15(19)20/h2-3,6,12H,4-5,7H2,1H3,(H,19,20)/t12-/m0/s1. The number of furan rings is 1. The van der Waals surface area contributed by atoms with Crippen molar-refractivity contribution in [2.24, 2.45) is 0 Å². The van der Waals surface area contributed by atoms with Gasteiger partial charge < -0.3 is 19.2 Å². The topological polar surface area (TPSA) is 80.0 Å². The van der Waals surface area contributed by atoms with Gasteiger partial charge in [0.05, 0.1) is 13.2 Å². The Balaban J connectivity index is 1.92. The highest BCUT2D eigenvalue weighted by Gasteiger charge is 2.31. The van der Waals surface area contributed by atoms with Crippen LogP contribution in [0.3, 0.4) is 0 Å². The Labute approximate surface area is 131 Å². The van der Waals surface area contributed by atoms with Crippen LogP contribution in [0.5, 0.6) is 0 Å². The van der Waals surface area contributed by atoms with Gasteiger partial charge in [-0.05, 0) is 25.1 Å². The zero-order valence-corrected chi connectivity index (χ0v) is 12.6. The van der Waals surface area contributed by atoms with E-state index in [1.165, 1.54) is 4.90 Å². The first-order chi connectivity index (χ1) is 10.5. The molecule has 1 amide bonds. The summed E-state index contributed by atoms with van der Waals surface area (Å²) in [6.07, 6.45) is -1.00. The molecule has 7 heteroatoms. The summed E-state index contributed by atoms with van der Waals surface area (Å²) in [5.41, 5.74) is 1.27. The van der Waals surface area contributed by atoms with Gasteiger partial charge in [-0.1, -0.05) is 11.6 Å². The maximum atomic E-state index is 12.6. The molecular formula is C15H14ClNO5. The van der Waals surface area contributed by atoms with E-state index in [9.17, 15) is 9.59 Å². The number of nitrogens with zero attached hydrogens (tertiary/aromatic N) is 1. The van der Waals surface area contributed by atoms with Crippen molar-refractivity contribution in [2.75, 3.05) is 19.7 Å². The van der Waals surface area contributed by atoms with Gasteiger partial charge in [0, 0.05) is 22.5 Å². The average Bonchev–Trinajstić information content (AvgIpc) is 2.83. The second-order valence-electron chi connectivity index (χ2n) is 5.15. The molecule has 0 unspecified atom stereocenters. The molecule has 0 radical (unpaired) electrons. The number of rotatable bonds is 2. The van der Waals surface area contributed by atoms with Gasteiger partial charge >= 0.3 is 5.97 Å². The quantitative estimate of drug-likeness (QED) is 0.917. The summed E-state index contributed by atoms with van der Waals surface area (Å²) in [6, 6.07) is 5.14. The third-order valence-electron chi connectivity index (χ3n) is 3.72. The first-order valence-corrected chi connectivity index (χ1v) is 7.17. The number of benzene rings is 1. The number of morpholine rings is 1. The van der Waals surface area contributed by atoms with Crippen LogP contribution < -0.4 is 0 Å². The Morgan fingerprint density at radius 2 is 2.18 bits per heavy atom. The van der Waals surface area contributed by atoms with Crippen LogP contribution in [-0.2, 0) is 9.53 Å². The van der Waals surface area contributed by atoms with Gasteiger partial charge in [-0.2, -0.15) is 0 Å². The van der Waals surface area contributed by atoms with Gasteiger partial charge in [-0.25, -0.2) is 4.79 Å². The number of carbonyl (C=O) groups is 2. The second kappa shape index (κ2) is 5.62. The second-order valence-corrected chi connectivity index (χ2v) is 5.58. The molecule has 1 saturated heterocycles. The normalized spacial score (nSPS) is 18.6. The lowest BCUT2D eigenvalue weighted by atomic mass is 10.1. The van der Waals surface area contributed by atoms with Gasteiger partial charge in [0.1, 0.15) is 5.58 Å². The fraction of sp³-hybridized carbons (Fsp3) is 0.333. The first kappa shape index (κ1) is 14.9. The predicted octanol–water partition coefficient (Wildman–Crippen LogP) is 2.32. The smallest absolute Gasteiger partial charge is 0.334 e. The minimum atomic E-state index is -1.08. The summed E-state index contributed by atoms with van der Waals surface area (Å²) in [5.74, 6) is -1.20. The average molecular weight is 324 g/mol. The molecule has 0 spiro atoms. The zero-order chi connectivity index (χ0) is 15.9. The van der Waals surface area contributed by atoms with Crippen molar-refractivity contribution in [3.63, 3.8) is 0 Å². The van der Waals surface area contributed by atoms with Gasteiger partial charge in [0.15, 0.2) is 11.9 Å². The van der Waals surface area contributed by atoms with Crippen LogP contribution in [0.4, 0.5) is 0 Å². The van der Waals surface area contributed by atoms with E-state index in [0.717, 1.165) is 5.39 Å². The maximum absolute atomic E-state index is 12.6. The number of hydrogen-bond donors (Lipinski definition) is 1. The summed E-state index contributed by atoms with van der Waals surface area (Å²) in [7, 11) is 0. The maximum Gasteiger partial charge on any atom is 0.334 e. The fourth-order valence-electron chi connectivity index (χ4n) is 2.52. The number of halogens is 1. The summed E-state index contributed by atoms with van der Waals surface area (Å²) >= 11 is 5.96. The van der Waals surface area contributed by atoms with Crippen LogP contribution in [0.15, 0.2) is 22.6 Å². The molecule has 1 aliphatic heterocycles. The monoisotopic (exact) mass is 323 g/mol. The Bertz CT molecular complexity index is 754. The van der Waals surface area contributed by atoms with Crippen molar-refractivity contribution in [2.45, 2.75) is 13.0 Å². The molecule has 0 saturated carbocycles. The summed E-state index contributed by atoms with van der Waals surface area (Å²) in [6.45, 7) is 2.31. The number of fused-ring (bicyclic) bond motifs is 1. The minimum Gasteiger partial charge on any atom is -0.479 e. The van der Waals surface area contributed by atoms with Crippen molar-refractivity contribution in [3.8, 4) is 0 Å². The molecule has 0 bridgehead atoms. The van der Waals surface area contributed by atoms with E-state index in [1.54, 1.807) is 25.1 Å². The number of carboxylic acid groups (broad SMARTS) is 1. The Morgan fingerprint density at radius 3 is 2.91 bits per heavy atom. The lowest BCUT2D eigenvalue weighted by molar-refractivity contribution is -0.154. The van der Waals surface area contributed by atoms with Crippen molar-refractivity contribution >= 4 is 34.4 Å². The number of carboxylic acids is 1. The van der Waals surface area contributed by atoms with Gasteiger partial charge in [-0.3, -0.25) is 4.79 Å². The number of aliphatic carboxylic acids is 1. The molecule has 3 rings (SSSR count). The Kier molecular flexibility index (Phi) is 3.80. The van der Waals surface area contributed by atoms with E-state index >= 15 is 0 Å². The summed E-state index contributed by atoms with van der Waals surface area (Å²) < 4.78 is 10.7. The molecule has 1 N–H and O–H groups in total. The number of ether oxygens (including phenoxy) is 1. The molecule has 1 aromatic carbocycles. The molecule has 0 aliphatic carbocycles. The van der Waals surface area contributed by atoms with Crippen LogP contribution in [0.25, 0.3) is 11.0 Å². The van der Waals surface area contributed by atoms with Crippen LogP contribution in [-0.4, -0.2) is 47.7 Å². The fourth-order valence-corrected chi connectivity index (χ4v) is 2.70. The van der Waals surface area contributed by atoms with Crippen molar-refractivity contribution in [3.05, 3.63) is 34.5 Å². The lowest BCUT2D eigenvalue weighted by Gasteiger charge is -2.30. The minimum absolute atomic E-state index is 0.00537. The van der Waals surface area contributed by atoms with Gasteiger partial charge in [0.2, 0.25) is 0 Å². The number of amides is 1. The summed E-state index contributed by atoms with van der Waals surface area (Å²) in [4.78, 5) is 25.0. The highest BCUT2D eigenvalue weighted by Crippen LogP contribution is 2.29. The van der Waals surface area contributed by atoms with Crippen LogP contribution >= 0.6 is 11.6 Å². The molecule has 1 aliphatic rings. The largest absolute Gasteiger partial charge is 0.479 e. The molecule has 1 fully saturated rings. The predicted molar refractivity (Wildman–Crippen MR) is 79.2 cm³/mol. The van der Waals surface area contributed by atoms with Crippen LogP contribution in [0.2, 0.25) is 5.02 Å². The molecule has 1 atom stereocenters. The van der Waals surface area contributed by atoms with E-state index in [-0.39, 0.29) is 24.8 Å². The first-order valence-electron chi connectivity index (χ1n) is 6.79. The van der Waals surface area contributed by atoms with E-state index in [4.69, 9.17) is 25.9 Å². The molecule has 2 aromatic rings. The molecule has 22 heavy (non-hydrogen) atoms.